The van der Waals surface area contributed by atoms with Crippen LogP contribution in [0.5, 0.6) is 0 Å². The Morgan fingerprint density at radius 3 is 2.87 bits per heavy atom. The highest BCUT2D eigenvalue weighted by Gasteiger charge is 2.35. The second-order valence-electron chi connectivity index (χ2n) is 8.06. The second kappa shape index (κ2) is 6.56. The second-order valence-corrected chi connectivity index (χ2v) is 8.43. The number of rotatable bonds is 3. The van der Waals surface area contributed by atoms with Crippen molar-refractivity contribution in [2.24, 2.45) is 19.8 Å². The van der Waals surface area contributed by atoms with E-state index in [0.29, 0.717) is 47.1 Å². The molecule has 10 heteroatoms. The van der Waals surface area contributed by atoms with E-state index in [1.807, 2.05) is 30.3 Å². The van der Waals surface area contributed by atoms with Crippen LogP contribution in [0, 0.1) is 0 Å². The van der Waals surface area contributed by atoms with Crippen LogP contribution >= 0.6 is 11.6 Å². The molecule has 4 heterocycles. The van der Waals surface area contributed by atoms with Crippen molar-refractivity contribution in [2.45, 2.75) is 12.0 Å². The van der Waals surface area contributed by atoms with Crippen LogP contribution in [-0.2, 0) is 14.1 Å². The third-order valence-electron chi connectivity index (χ3n) is 5.90. The van der Waals surface area contributed by atoms with E-state index in [0.717, 1.165) is 16.5 Å². The van der Waals surface area contributed by atoms with E-state index in [9.17, 15) is 9.90 Å². The predicted molar refractivity (Wildman–Crippen MR) is 117 cm³/mol. The van der Waals surface area contributed by atoms with Gasteiger partial charge in [-0.25, -0.2) is 0 Å². The number of hydrogen-bond acceptors (Lipinski definition) is 6. The molecule has 0 radical (unpaired) electrons. The van der Waals surface area contributed by atoms with Gasteiger partial charge in [0.05, 0.1) is 28.1 Å². The number of halogens is 1. The molecule has 1 aliphatic heterocycles. The monoisotopic (exact) mass is 427 g/mol. The van der Waals surface area contributed by atoms with Gasteiger partial charge in [-0.3, -0.25) is 14.0 Å². The number of fused-ring (bicyclic) bond motifs is 2. The fraction of sp³-hybridized carbons (Fsp3) is 0.350. The summed E-state index contributed by atoms with van der Waals surface area (Å²) in [6, 6.07) is 3.76. The van der Waals surface area contributed by atoms with Crippen LogP contribution in [-0.4, -0.2) is 54.7 Å². The summed E-state index contributed by atoms with van der Waals surface area (Å²) in [5, 5.41) is 15.8. The number of aromatic amines is 1. The van der Waals surface area contributed by atoms with Crippen LogP contribution in [0.1, 0.15) is 6.42 Å². The fourth-order valence-corrected chi connectivity index (χ4v) is 4.54. The molecule has 30 heavy (non-hydrogen) atoms. The minimum absolute atomic E-state index is 0.109. The summed E-state index contributed by atoms with van der Waals surface area (Å²) in [4.78, 5) is 23.1. The van der Waals surface area contributed by atoms with Gasteiger partial charge in [-0.1, -0.05) is 17.7 Å². The summed E-state index contributed by atoms with van der Waals surface area (Å²) in [6.07, 6.45) is 4.25. The number of nitrogens with zero attached hydrogens (tertiary/aromatic N) is 5. The molecule has 4 aromatic rings. The highest BCUT2D eigenvalue weighted by atomic mass is 35.5. The first-order valence-corrected chi connectivity index (χ1v) is 10.0. The molecular weight excluding hydrogens is 406 g/mol. The van der Waals surface area contributed by atoms with E-state index < -0.39 is 5.54 Å². The van der Waals surface area contributed by atoms with Gasteiger partial charge in [0.15, 0.2) is 0 Å². The zero-order chi connectivity index (χ0) is 21.2. The molecule has 1 aliphatic rings. The Balaban J connectivity index is 1.66. The maximum Gasteiger partial charge on any atom is 0.264 e. The van der Waals surface area contributed by atoms with Gasteiger partial charge in [0.2, 0.25) is 5.95 Å². The van der Waals surface area contributed by atoms with Crippen molar-refractivity contribution >= 4 is 39.5 Å². The Hall–Kier alpha value is -2.88. The molecule has 1 saturated heterocycles. The molecule has 9 nitrogen and oxygen atoms in total. The van der Waals surface area contributed by atoms with Gasteiger partial charge in [-0.05, 0) is 12.5 Å². The molecule has 5 rings (SSSR count). The van der Waals surface area contributed by atoms with Gasteiger partial charge in [0.25, 0.3) is 5.56 Å². The number of aromatic nitrogens is 5. The third-order valence-corrected chi connectivity index (χ3v) is 6.31. The van der Waals surface area contributed by atoms with Crippen LogP contribution in [0.2, 0.25) is 5.02 Å². The lowest BCUT2D eigenvalue weighted by Crippen LogP contribution is -2.46. The molecule has 1 aromatic carbocycles. The summed E-state index contributed by atoms with van der Waals surface area (Å²) < 4.78 is 3.24. The Bertz CT molecular complexity index is 1350. The number of anilines is 1. The van der Waals surface area contributed by atoms with Crippen LogP contribution < -0.4 is 16.2 Å². The van der Waals surface area contributed by atoms with Crippen molar-refractivity contribution in [2.75, 3.05) is 24.6 Å². The largest absolute Gasteiger partial charge is 0.394 e. The number of aliphatic hydroxyl groups is 1. The smallest absolute Gasteiger partial charge is 0.264 e. The van der Waals surface area contributed by atoms with Crippen molar-refractivity contribution in [3.05, 3.63) is 39.9 Å². The standard InChI is InChI=1S/C20H22ClN7O2/c1-26-8-13-14(25-26)4-3-11(16(13)21)12-7-23-17-15(12)18(30)27(2)19(24-17)28-6-5-20(22,9-28)10-29/h3-4,7-8,23,29H,5-6,9-10,22H2,1-2H3. The number of nitrogens with two attached hydrogens (primary N) is 1. The van der Waals surface area contributed by atoms with Crippen molar-refractivity contribution in [1.29, 1.82) is 0 Å². The lowest BCUT2D eigenvalue weighted by atomic mass is 10.0. The number of aliphatic hydroxyl groups excluding tert-OH is 1. The number of H-pyrrole nitrogens is 1. The van der Waals surface area contributed by atoms with Gasteiger partial charge in [0, 0.05) is 56.1 Å². The number of hydrogen-bond donors (Lipinski definition) is 3. The van der Waals surface area contributed by atoms with E-state index in [4.69, 9.17) is 22.3 Å². The quantitative estimate of drug-likeness (QED) is 0.454. The lowest BCUT2D eigenvalue weighted by Gasteiger charge is -2.23. The minimum Gasteiger partial charge on any atom is -0.394 e. The predicted octanol–water partition coefficient (Wildman–Crippen LogP) is 1.37. The normalized spacial score (nSPS) is 19.4. The molecule has 4 N–H and O–H groups in total. The van der Waals surface area contributed by atoms with Gasteiger partial charge in [-0.15, -0.1) is 0 Å². The molecule has 0 spiro atoms. The first kappa shape index (κ1) is 19.1. The molecular formula is C20H22ClN7O2. The molecule has 1 fully saturated rings. The highest BCUT2D eigenvalue weighted by molar-refractivity contribution is 6.38. The molecule has 0 saturated carbocycles. The van der Waals surface area contributed by atoms with Gasteiger partial charge < -0.3 is 20.7 Å². The topological polar surface area (TPSA) is 118 Å². The van der Waals surface area contributed by atoms with E-state index >= 15 is 0 Å². The van der Waals surface area contributed by atoms with Gasteiger partial charge in [-0.2, -0.15) is 10.1 Å². The first-order valence-electron chi connectivity index (χ1n) is 9.66. The van der Waals surface area contributed by atoms with Crippen LogP contribution in [0.3, 0.4) is 0 Å². The van der Waals surface area contributed by atoms with Crippen molar-refractivity contribution < 1.29 is 5.11 Å². The van der Waals surface area contributed by atoms with Crippen molar-refractivity contribution in [3.8, 4) is 11.1 Å². The molecule has 0 amide bonds. The summed E-state index contributed by atoms with van der Waals surface area (Å²) in [7, 11) is 3.54. The average molecular weight is 428 g/mol. The van der Waals surface area contributed by atoms with Gasteiger partial charge >= 0.3 is 0 Å². The molecule has 0 bridgehead atoms. The first-order chi connectivity index (χ1) is 14.3. The molecule has 1 unspecified atom stereocenters. The Kier molecular flexibility index (Phi) is 4.18. The van der Waals surface area contributed by atoms with Gasteiger partial charge in [0.1, 0.15) is 5.65 Å². The lowest BCUT2D eigenvalue weighted by molar-refractivity contribution is 0.210. The number of benzene rings is 1. The number of aryl methyl sites for hydroxylation is 1. The van der Waals surface area contributed by atoms with Crippen LogP contribution in [0.4, 0.5) is 5.95 Å². The molecule has 3 aromatic heterocycles. The van der Waals surface area contributed by atoms with Crippen molar-refractivity contribution in [1.82, 2.24) is 24.3 Å². The summed E-state index contributed by atoms with van der Waals surface area (Å²) in [6.45, 7) is 0.952. The Labute approximate surface area is 176 Å². The molecule has 1 atom stereocenters. The maximum atomic E-state index is 13.3. The van der Waals surface area contributed by atoms with Crippen LogP contribution in [0.15, 0.2) is 29.3 Å². The molecule has 0 aliphatic carbocycles. The third kappa shape index (κ3) is 2.73. The highest BCUT2D eigenvalue weighted by Crippen LogP contribution is 2.36. The Morgan fingerprint density at radius 2 is 2.13 bits per heavy atom. The number of nitrogens with one attached hydrogen (secondary N) is 1. The zero-order valence-corrected chi connectivity index (χ0v) is 17.4. The Morgan fingerprint density at radius 1 is 1.33 bits per heavy atom. The zero-order valence-electron chi connectivity index (χ0n) is 16.7. The van der Waals surface area contributed by atoms with E-state index in [1.54, 1.807) is 17.9 Å². The van der Waals surface area contributed by atoms with E-state index in [2.05, 4.69) is 10.1 Å². The summed E-state index contributed by atoms with van der Waals surface area (Å²) in [5.74, 6) is 0.524. The summed E-state index contributed by atoms with van der Waals surface area (Å²) >= 11 is 6.68. The van der Waals surface area contributed by atoms with E-state index in [1.165, 1.54) is 4.57 Å². The van der Waals surface area contributed by atoms with E-state index in [-0.39, 0.29) is 12.2 Å². The van der Waals surface area contributed by atoms with Crippen molar-refractivity contribution in [3.63, 3.8) is 0 Å². The average Bonchev–Trinajstić information content (AvgIpc) is 3.42. The SMILES string of the molecule is Cn1cc2c(Cl)c(-c3c[nH]c4nc(N5CCC(N)(CO)C5)n(C)c(=O)c34)ccc2n1. The fourth-order valence-electron chi connectivity index (χ4n) is 4.23. The maximum absolute atomic E-state index is 13.3. The summed E-state index contributed by atoms with van der Waals surface area (Å²) in [5.41, 5.74) is 8.07. The molecule has 156 valence electrons. The minimum atomic E-state index is -0.680. The van der Waals surface area contributed by atoms with Crippen LogP contribution in [0.25, 0.3) is 33.1 Å².